The van der Waals surface area contributed by atoms with Gasteiger partial charge in [0.2, 0.25) is 5.91 Å². The van der Waals surface area contributed by atoms with E-state index >= 15 is 0 Å². The third-order valence-corrected chi connectivity index (χ3v) is 1.55. The second-order valence-electron chi connectivity index (χ2n) is 2.68. The zero-order valence-electron chi connectivity index (χ0n) is 7.24. The highest BCUT2D eigenvalue weighted by Gasteiger charge is 2.05. The molecule has 0 radical (unpaired) electrons. The van der Waals surface area contributed by atoms with Crippen LogP contribution in [0.5, 0.6) is 0 Å². The van der Waals surface area contributed by atoms with E-state index in [2.05, 4.69) is 10.3 Å². The quantitative estimate of drug-likeness (QED) is 0.715. The smallest absolute Gasteiger partial charge is 0.217 e. The fourth-order valence-electron chi connectivity index (χ4n) is 1.01. The van der Waals surface area contributed by atoms with E-state index < -0.39 is 0 Å². The normalized spacial score (nSPS) is 12.2. The Morgan fingerprint density at radius 1 is 1.58 bits per heavy atom. The molecule has 1 atom stereocenters. The summed E-state index contributed by atoms with van der Waals surface area (Å²) >= 11 is 0. The van der Waals surface area contributed by atoms with Crippen LogP contribution in [0, 0.1) is 0 Å². The molecule has 1 N–H and O–H groups in total. The lowest BCUT2D eigenvalue weighted by Gasteiger charge is -2.10. The van der Waals surface area contributed by atoms with Crippen molar-refractivity contribution in [3.63, 3.8) is 0 Å². The first-order valence-corrected chi connectivity index (χ1v) is 3.88. The highest BCUT2D eigenvalue weighted by Crippen LogP contribution is 2.06. The van der Waals surface area contributed by atoms with Crippen LogP contribution < -0.4 is 5.32 Å². The Morgan fingerprint density at radius 3 is 2.83 bits per heavy atom. The molecule has 1 aromatic rings. The van der Waals surface area contributed by atoms with E-state index in [1.54, 1.807) is 6.20 Å². The Morgan fingerprint density at radius 2 is 2.33 bits per heavy atom. The summed E-state index contributed by atoms with van der Waals surface area (Å²) in [4.78, 5) is 14.8. The summed E-state index contributed by atoms with van der Waals surface area (Å²) in [5.74, 6) is -0.0341. The molecule has 0 spiro atoms. The van der Waals surface area contributed by atoms with Crippen molar-refractivity contribution in [2.45, 2.75) is 19.9 Å². The van der Waals surface area contributed by atoms with Gasteiger partial charge in [0.1, 0.15) is 0 Å². The second-order valence-corrected chi connectivity index (χ2v) is 2.68. The van der Waals surface area contributed by atoms with Gasteiger partial charge < -0.3 is 5.32 Å². The van der Waals surface area contributed by atoms with Gasteiger partial charge in [-0.1, -0.05) is 6.07 Å². The Labute approximate surface area is 71.8 Å². The molecule has 0 unspecified atom stereocenters. The molecular weight excluding hydrogens is 152 g/mol. The molecule has 0 bridgehead atoms. The van der Waals surface area contributed by atoms with E-state index in [0.29, 0.717) is 0 Å². The molecule has 0 saturated carbocycles. The number of carbonyl (C=O) groups is 1. The van der Waals surface area contributed by atoms with Crippen LogP contribution >= 0.6 is 0 Å². The summed E-state index contributed by atoms with van der Waals surface area (Å²) in [6.07, 6.45) is 1.72. The second kappa shape index (κ2) is 3.85. The van der Waals surface area contributed by atoms with E-state index in [1.807, 2.05) is 25.1 Å². The van der Waals surface area contributed by atoms with Gasteiger partial charge in [0, 0.05) is 13.1 Å². The Bertz CT molecular complexity index is 258. The van der Waals surface area contributed by atoms with Gasteiger partial charge in [0.15, 0.2) is 0 Å². The summed E-state index contributed by atoms with van der Waals surface area (Å²) in [5, 5.41) is 2.76. The summed E-state index contributed by atoms with van der Waals surface area (Å²) in [5.41, 5.74) is 0.882. The minimum absolute atomic E-state index is 0.0105. The molecule has 0 aliphatic rings. The molecule has 0 aliphatic heterocycles. The Hall–Kier alpha value is -1.38. The van der Waals surface area contributed by atoms with Gasteiger partial charge >= 0.3 is 0 Å². The van der Waals surface area contributed by atoms with Gasteiger partial charge in [-0.15, -0.1) is 0 Å². The van der Waals surface area contributed by atoms with Crippen molar-refractivity contribution in [2.24, 2.45) is 0 Å². The summed E-state index contributed by atoms with van der Waals surface area (Å²) < 4.78 is 0. The van der Waals surface area contributed by atoms with Crippen molar-refractivity contribution in [2.75, 3.05) is 0 Å². The Balaban J connectivity index is 2.65. The summed E-state index contributed by atoms with van der Waals surface area (Å²) in [6, 6.07) is 5.63. The fourth-order valence-corrected chi connectivity index (χ4v) is 1.01. The van der Waals surface area contributed by atoms with Gasteiger partial charge in [-0.3, -0.25) is 9.78 Å². The molecule has 3 heteroatoms. The standard InChI is InChI=1S/C9H12N2O/c1-7(11-8(2)12)9-5-3-4-6-10-9/h3-7H,1-2H3,(H,11,12)/t7-/m1/s1. The molecule has 3 nitrogen and oxygen atoms in total. The predicted molar refractivity (Wildman–Crippen MR) is 46.5 cm³/mol. The largest absolute Gasteiger partial charge is 0.348 e. The van der Waals surface area contributed by atoms with E-state index in [-0.39, 0.29) is 11.9 Å². The molecule has 64 valence electrons. The van der Waals surface area contributed by atoms with Crippen LogP contribution in [0.25, 0.3) is 0 Å². The molecule has 12 heavy (non-hydrogen) atoms. The number of amides is 1. The molecule has 1 amide bonds. The van der Waals surface area contributed by atoms with Gasteiger partial charge in [-0.2, -0.15) is 0 Å². The van der Waals surface area contributed by atoms with Gasteiger partial charge in [0.05, 0.1) is 11.7 Å². The molecule has 0 aliphatic carbocycles. The van der Waals surface area contributed by atoms with Crippen LogP contribution in [0.3, 0.4) is 0 Å². The molecule has 0 saturated heterocycles. The lowest BCUT2D eigenvalue weighted by Crippen LogP contribution is -2.24. The molecule has 1 aromatic heterocycles. The van der Waals surface area contributed by atoms with Crippen molar-refractivity contribution >= 4 is 5.91 Å². The number of hydrogen-bond donors (Lipinski definition) is 1. The van der Waals surface area contributed by atoms with Crippen LogP contribution in [-0.2, 0) is 4.79 Å². The van der Waals surface area contributed by atoms with Gasteiger partial charge in [-0.05, 0) is 19.1 Å². The minimum atomic E-state index is -0.0341. The lowest BCUT2D eigenvalue weighted by atomic mass is 10.2. The SMILES string of the molecule is CC(=O)N[C@H](C)c1ccccn1. The van der Waals surface area contributed by atoms with Crippen molar-refractivity contribution in [1.82, 2.24) is 10.3 Å². The monoisotopic (exact) mass is 164 g/mol. The maximum absolute atomic E-state index is 10.7. The molecule has 1 rings (SSSR count). The summed E-state index contributed by atoms with van der Waals surface area (Å²) in [6.45, 7) is 3.41. The first-order chi connectivity index (χ1) is 5.70. The first kappa shape index (κ1) is 8.71. The highest BCUT2D eigenvalue weighted by atomic mass is 16.1. The highest BCUT2D eigenvalue weighted by molar-refractivity contribution is 5.73. The van der Waals surface area contributed by atoms with E-state index in [0.717, 1.165) is 5.69 Å². The number of hydrogen-bond acceptors (Lipinski definition) is 2. The first-order valence-electron chi connectivity index (χ1n) is 3.88. The van der Waals surface area contributed by atoms with Crippen molar-refractivity contribution in [1.29, 1.82) is 0 Å². The van der Waals surface area contributed by atoms with E-state index in [4.69, 9.17) is 0 Å². The third kappa shape index (κ3) is 2.34. The fraction of sp³-hybridized carbons (Fsp3) is 0.333. The van der Waals surface area contributed by atoms with Crippen molar-refractivity contribution in [3.8, 4) is 0 Å². The van der Waals surface area contributed by atoms with E-state index in [1.165, 1.54) is 6.92 Å². The average Bonchev–Trinajstić information content (AvgIpc) is 2.05. The molecule has 1 heterocycles. The predicted octanol–water partition coefficient (Wildman–Crippen LogP) is 1.28. The van der Waals surface area contributed by atoms with Gasteiger partial charge in [0.25, 0.3) is 0 Å². The van der Waals surface area contributed by atoms with Gasteiger partial charge in [-0.25, -0.2) is 0 Å². The van der Waals surface area contributed by atoms with Crippen LogP contribution in [0.15, 0.2) is 24.4 Å². The molecule has 0 aromatic carbocycles. The topological polar surface area (TPSA) is 42.0 Å². The van der Waals surface area contributed by atoms with Crippen LogP contribution in [0.2, 0.25) is 0 Å². The average molecular weight is 164 g/mol. The minimum Gasteiger partial charge on any atom is -0.348 e. The zero-order valence-corrected chi connectivity index (χ0v) is 7.24. The zero-order chi connectivity index (χ0) is 8.97. The maximum Gasteiger partial charge on any atom is 0.217 e. The summed E-state index contributed by atoms with van der Waals surface area (Å²) in [7, 11) is 0. The number of rotatable bonds is 2. The van der Waals surface area contributed by atoms with Crippen molar-refractivity contribution < 1.29 is 4.79 Å². The van der Waals surface area contributed by atoms with Crippen molar-refractivity contribution in [3.05, 3.63) is 30.1 Å². The van der Waals surface area contributed by atoms with E-state index in [9.17, 15) is 4.79 Å². The number of carbonyl (C=O) groups excluding carboxylic acids is 1. The molecular formula is C9H12N2O. The lowest BCUT2D eigenvalue weighted by molar-refractivity contribution is -0.119. The number of pyridine rings is 1. The van der Waals surface area contributed by atoms with Crippen LogP contribution in [-0.4, -0.2) is 10.9 Å². The van der Waals surface area contributed by atoms with Crippen LogP contribution in [0.4, 0.5) is 0 Å². The number of aromatic nitrogens is 1. The van der Waals surface area contributed by atoms with Crippen LogP contribution in [0.1, 0.15) is 25.6 Å². The maximum atomic E-state index is 10.7. The number of nitrogens with zero attached hydrogens (tertiary/aromatic N) is 1. The molecule has 0 fully saturated rings. The Kier molecular flexibility index (Phi) is 2.80. The third-order valence-electron chi connectivity index (χ3n) is 1.55. The number of nitrogens with one attached hydrogen (secondary N) is 1.